The van der Waals surface area contributed by atoms with E-state index in [-0.39, 0.29) is 52.2 Å². The summed E-state index contributed by atoms with van der Waals surface area (Å²) in [7, 11) is -2.70. The summed E-state index contributed by atoms with van der Waals surface area (Å²) in [5, 5.41) is 19.1. The average molecular weight is 499 g/mol. The zero-order valence-corrected chi connectivity index (χ0v) is 22.0. The predicted octanol–water partition coefficient (Wildman–Crippen LogP) is -0.920. The first-order valence-corrected chi connectivity index (χ1v) is 12.1. The molecule has 0 saturated heterocycles. The maximum Gasteiger partial charge on any atom is 1.00 e. The number of urea groups is 1. The van der Waals surface area contributed by atoms with E-state index >= 15 is 0 Å². The van der Waals surface area contributed by atoms with Crippen molar-refractivity contribution in [3.63, 3.8) is 0 Å². The van der Waals surface area contributed by atoms with Crippen molar-refractivity contribution < 1.29 is 57.4 Å². The van der Waals surface area contributed by atoms with E-state index < -0.39 is 22.2 Å². The van der Waals surface area contributed by atoms with Crippen LogP contribution in [0.2, 0.25) is 0 Å². The Bertz CT molecular complexity index is 1080. The second-order valence-electron chi connectivity index (χ2n) is 7.72. The van der Waals surface area contributed by atoms with Crippen molar-refractivity contribution in [1.29, 1.82) is 0 Å². The van der Waals surface area contributed by atoms with E-state index in [1.807, 2.05) is 0 Å². The van der Waals surface area contributed by atoms with E-state index in [1.54, 1.807) is 12.1 Å². The topological polar surface area (TPSA) is 149 Å². The molecule has 1 fully saturated rings. The molecule has 2 aromatic carbocycles. The maximum absolute atomic E-state index is 12.8. The number of aliphatic carboxylic acids is 1. The minimum atomic E-state index is -3.92. The Labute approximate surface area is 221 Å². The van der Waals surface area contributed by atoms with E-state index in [4.69, 9.17) is 4.74 Å². The van der Waals surface area contributed by atoms with Gasteiger partial charge in [-0.25, -0.2) is 13.2 Å². The van der Waals surface area contributed by atoms with Crippen LogP contribution in [0.1, 0.15) is 32.1 Å². The molecule has 0 spiro atoms. The van der Waals surface area contributed by atoms with Crippen molar-refractivity contribution in [3.05, 3.63) is 48.5 Å². The number of ether oxygens (including phenoxy) is 1. The van der Waals surface area contributed by atoms with Gasteiger partial charge in [-0.2, -0.15) is 0 Å². The fourth-order valence-electron chi connectivity index (χ4n) is 3.55. The van der Waals surface area contributed by atoms with Gasteiger partial charge in [0.15, 0.2) is 6.23 Å². The molecule has 12 heteroatoms. The number of nitrogens with one attached hydrogen (secondary N) is 4. The molecule has 0 bridgehead atoms. The molecular formula is C22H27N4NaO6S. The Morgan fingerprint density at radius 2 is 1.65 bits per heavy atom. The molecule has 1 unspecified atom stereocenters. The summed E-state index contributed by atoms with van der Waals surface area (Å²) in [6.45, 7) is 0. The monoisotopic (exact) mass is 498 g/mol. The Morgan fingerprint density at radius 3 is 2.26 bits per heavy atom. The molecule has 178 valence electrons. The van der Waals surface area contributed by atoms with E-state index in [1.165, 1.54) is 49.9 Å². The third kappa shape index (κ3) is 8.17. The number of carbonyl (C=O) groups excluding carboxylic acids is 2. The average Bonchev–Trinajstić information content (AvgIpc) is 2.79. The maximum atomic E-state index is 12.8. The first kappa shape index (κ1) is 27.9. The smallest absolute Gasteiger partial charge is 0.545 e. The molecule has 0 aromatic heterocycles. The number of carbonyl (C=O) groups is 2. The first-order chi connectivity index (χ1) is 15.8. The molecule has 0 radical (unpaired) electrons. The Morgan fingerprint density at radius 1 is 1.00 bits per heavy atom. The fourth-order valence-corrected chi connectivity index (χ4v) is 4.66. The largest absolute Gasteiger partial charge is 1.00 e. The van der Waals surface area contributed by atoms with E-state index in [0.717, 1.165) is 25.7 Å². The van der Waals surface area contributed by atoms with Gasteiger partial charge in [-0.15, -0.1) is 0 Å². The summed E-state index contributed by atoms with van der Waals surface area (Å²) in [5.74, 6) is -1.43. The number of methoxy groups -OCH3 is 1. The van der Waals surface area contributed by atoms with Gasteiger partial charge in [0.1, 0.15) is 0 Å². The number of benzene rings is 2. The number of carboxylic acids is 1. The van der Waals surface area contributed by atoms with Crippen molar-refractivity contribution in [2.45, 2.75) is 49.3 Å². The SMILES string of the molecule is COC(Nc1ccc(NS(=O)(=O)c2cccc(NC(=O)NC3CCCCC3)c2)cc1)C(=O)[O-].[Na+]. The quantitative estimate of drug-likeness (QED) is 0.258. The zero-order chi connectivity index (χ0) is 23.8. The van der Waals surface area contributed by atoms with Crippen LogP contribution in [-0.2, 0) is 19.6 Å². The van der Waals surface area contributed by atoms with Crippen LogP contribution in [0.5, 0.6) is 0 Å². The summed E-state index contributed by atoms with van der Waals surface area (Å²) in [4.78, 5) is 23.2. The van der Waals surface area contributed by atoms with Crippen LogP contribution in [0.15, 0.2) is 53.4 Å². The molecule has 1 saturated carbocycles. The molecule has 34 heavy (non-hydrogen) atoms. The van der Waals surface area contributed by atoms with Gasteiger partial charge in [-0.1, -0.05) is 25.3 Å². The van der Waals surface area contributed by atoms with Gasteiger partial charge in [0.25, 0.3) is 10.0 Å². The van der Waals surface area contributed by atoms with Crippen molar-refractivity contribution in [1.82, 2.24) is 5.32 Å². The predicted molar refractivity (Wildman–Crippen MR) is 122 cm³/mol. The molecule has 3 rings (SSSR count). The van der Waals surface area contributed by atoms with Crippen molar-refractivity contribution in [3.8, 4) is 0 Å². The normalized spacial score (nSPS) is 14.9. The van der Waals surface area contributed by atoms with E-state index in [0.29, 0.717) is 11.4 Å². The molecule has 1 atom stereocenters. The number of rotatable bonds is 9. The summed E-state index contributed by atoms with van der Waals surface area (Å²) in [5.41, 5.74) is 1.04. The molecule has 2 amide bonds. The molecule has 1 aliphatic carbocycles. The van der Waals surface area contributed by atoms with Gasteiger partial charge in [0, 0.05) is 30.2 Å². The van der Waals surface area contributed by atoms with Gasteiger partial charge in [0.05, 0.1) is 10.9 Å². The van der Waals surface area contributed by atoms with Crippen LogP contribution in [0.3, 0.4) is 0 Å². The van der Waals surface area contributed by atoms with Crippen molar-refractivity contribution in [2.75, 3.05) is 22.5 Å². The van der Waals surface area contributed by atoms with E-state index in [2.05, 4.69) is 20.7 Å². The number of hydrogen-bond donors (Lipinski definition) is 4. The molecule has 4 N–H and O–H groups in total. The Hall–Kier alpha value is -2.31. The third-order valence-corrected chi connectivity index (χ3v) is 6.61. The van der Waals surface area contributed by atoms with Gasteiger partial charge < -0.3 is 30.6 Å². The zero-order valence-electron chi connectivity index (χ0n) is 19.2. The number of sulfonamides is 1. The number of amides is 2. The van der Waals surface area contributed by atoms with Gasteiger partial charge in [0.2, 0.25) is 0 Å². The van der Waals surface area contributed by atoms with Gasteiger partial charge in [-0.05, 0) is 55.3 Å². The van der Waals surface area contributed by atoms with Gasteiger partial charge in [-0.3, -0.25) is 4.72 Å². The van der Waals surface area contributed by atoms with Crippen LogP contribution < -0.4 is 55.3 Å². The number of carboxylic acid groups (broad SMARTS) is 1. The molecular weight excluding hydrogens is 471 g/mol. The minimum Gasteiger partial charge on any atom is -0.545 e. The van der Waals surface area contributed by atoms with Crippen molar-refractivity contribution in [2.24, 2.45) is 0 Å². The number of anilines is 3. The third-order valence-electron chi connectivity index (χ3n) is 5.23. The second kappa shape index (κ2) is 13.0. The van der Waals surface area contributed by atoms with Crippen LogP contribution in [0.4, 0.5) is 21.9 Å². The van der Waals surface area contributed by atoms with Crippen LogP contribution in [0, 0.1) is 0 Å². The van der Waals surface area contributed by atoms with E-state index in [9.17, 15) is 23.1 Å². The molecule has 2 aromatic rings. The van der Waals surface area contributed by atoms with Crippen LogP contribution in [-0.4, -0.2) is 39.8 Å². The summed E-state index contributed by atoms with van der Waals surface area (Å²) in [6, 6.07) is 11.7. The van der Waals surface area contributed by atoms with Gasteiger partial charge >= 0.3 is 35.6 Å². The second-order valence-corrected chi connectivity index (χ2v) is 9.41. The summed E-state index contributed by atoms with van der Waals surface area (Å²) < 4.78 is 32.8. The first-order valence-electron chi connectivity index (χ1n) is 10.6. The van der Waals surface area contributed by atoms with Crippen LogP contribution in [0.25, 0.3) is 0 Å². The van der Waals surface area contributed by atoms with Crippen molar-refractivity contribution >= 4 is 39.1 Å². The minimum absolute atomic E-state index is 0. The summed E-state index contributed by atoms with van der Waals surface area (Å²) in [6.07, 6.45) is 3.91. The fraction of sp³-hybridized carbons (Fsp3) is 0.364. The molecule has 0 aliphatic heterocycles. The molecule has 0 heterocycles. The molecule has 1 aliphatic rings. The Kier molecular flexibility index (Phi) is 10.6. The number of hydrogen-bond acceptors (Lipinski definition) is 7. The standard InChI is InChI=1S/C22H28N4O6S.Na/c1-32-20(21(27)28)23-16-10-12-17(13-11-16)26-33(30,31)19-9-5-8-18(14-19)25-22(29)24-15-6-3-2-4-7-15;/h5,8-15,20,23,26H,2-4,6-7H2,1H3,(H,27,28)(H2,24,25,29);/q;+1/p-1. The molecule has 10 nitrogen and oxygen atoms in total. The Balaban J connectivity index is 0.00000408. The van der Waals surface area contributed by atoms with Crippen LogP contribution >= 0.6 is 0 Å². The summed E-state index contributed by atoms with van der Waals surface area (Å²) >= 11 is 0.